The molecular weight excluding hydrogens is 540 g/mol. The Kier molecular flexibility index (Phi) is 10.7. The highest BCUT2D eigenvalue weighted by molar-refractivity contribution is 7.48. The average Bonchev–Trinajstić information content (AvgIpc) is 2.71. The summed E-state index contributed by atoms with van der Waals surface area (Å²) in [4.78, 5) is 38.1. The fourth-order valence-electron chi connectivity index (χ4n) is 2.38. The minimum Gasteiger partial charge on any atom is -0.377 e. The molecule has 0 aromatic heterocycles. The zero-order chi connectivity index (χ0) is 25.1. The Balaban J connectivity index is 3.61. The topological polar surface area (TPSA) is 382 Å². The van der Waals surface area contributed by atoms with Crippen LogP contribution in [0.2, 0.25) is 0 Å². The van der Waals surface area contributed by atoms with E-state index in [-0.39, 0.29) is 0 Å². The molecule has 22 nitrogen and oxygen atoms in total. The lowest BCUT2D eigenvalue weighted by molar-refractivity contribution is -0.645. The molecule has 0 aromatic carbocycles. The van der Waals surface area contributed by atoms with E-state index in [1.165, 1.54) is 0 Å². The molecule has 0 saturated heterocycles. The van der Waals surface area contributed by atoms with Gasteiger partial charge in [0.25, 0.3) is 0 Å². The number of aliphatic hydroxyl groups excluding tert-OH is 2. The van der Waals surface area contributed by atoms with Crippen LogP contribution >= 0.6 is 31.3 Å². The molecule has 6 unspecified atom stereocenters. The molecule has 0 heterocycles. The first-order valence-corrected chi connectivity index (χ1v) is 13.6. The third-order valence-electron chi connectivity index (χ3n) is 3.67. The summed E-state index contributed by atoms with van der Waals surface area (Å²) in [5.41, 5.74) is 0. The van der Waals surface area contributed by atoms with Gasteiger partial charge >= 0.3 is 55.7 Å². The summed E-state index contributed by atoms with van der Waals surface area (Å²) < 4.78 is 81.1. The van der Waals surface area contributed by atoms with Crippen LogP contribution in [0, 0.1) is 0 Å². The molecule has 1 fully saturated rings. The second-order valence-electron chi connectivity index (χ2n) is 5.65. The van der Waals surface area contributed by atoms with E-state index in [4.69, 9.17) is 0 Å². The number of hydrogen-bond donors (Lipinski definition) is 10. The van der Waals surface area contributed by atoms with Gasteiger partial charge in [-0.15, -0.1) is 0 Å². The predicted molar refractivity (Wildman–Crippen MR) is 86.7 cm³/mol. The molecule has 26 heteroatoms. The molecule has 188 valence electrons. The number of rotatable bonds is 12. The maximum atomic E-state index is 11.9. The summed E-state index contributed by atoms with van der Waals surface area (Å²) in [6, 6.07) is 0. The van der Waals surface area contributed by atoms with E-state index in [1.54, 1.807) is 0 Å². The summed E-state index contributed by atoms with van der Waals surface area (Å²) >= 11 is 0. The van der Waals surface area contributed by atoms with Crippen LogP contribution in [-0.4, -0.2) is 66.4 Å². The smallest absolute Gasteiger partial charge is 0.377 e. The molecule has 0 aromatic rings. The van der Waals surface area contributed by atoms with Crippen molar-refractivity contribution in [2.24, 2.45) is 0 Å². The molecule has 18 N–H and O–H groups in total. The molecule has 1 saturated carbocycles. The fraction of sp³-hybridized carbons (Fsp3) is 1.00. The molecule has 10 atom stereocenters. The molecule has 0 spiro atoms. The maximum Gasteiger partial charge on any atom is 0.755 e. The van der Waals surface area contributed by atoms with Crippen molar-refractivity contribution in [1.82, 2.24) is 0 Å². The molecule has 0 amide bonds. The van der Waals surface area contributed by atoms with Gasteiger partial charge in [-0.25, -0.2) is 0 Å². The van der Waals surface area contributed by atoms with E-state index in [9.17, 15) is 48.0 Å². The van der Waals surface area contributed by atoms with Crippen molar-refractivity contribution >= 4 is 31.3 Å². The largest absolute Gasteiger partial charge is 0.755 e. The van der Waals surface area contributed by atoms with Gasteiger partial charge < -0.3 is 10.2 Å². The summed E-state index contributed by atoms with van der Waals surface area (Å²) in [7, 11) is -20.7. The second kappa shape index (κ2) is 11.3. The highest BCUT2D eigenvalue weighted by atomic mass is 31.2. The van der Waals surface area contributed by atoms with Crippen molar-refractivity contribution in [3.8, 4) is 0 Å². The second-order valence-corrected chi connectivity index (χ2v) is 11.3. The van der Waals surface area contributed by atoms with Gasteiger partial charge in [0, 0.05) is 0 Å². The first-order chi connectivity index (χ1) is 14.4. The quantitative estimate of drug-likeness (QED) is 0.0598. The Morgan fingerprint density at radius 3 is 0.969 bits per heavy atom. The summed E-state index contributed by atoms with van der Waals surface area (Å²) in [5.74, 6) is 10.5. The van der Waals surface area contributed by atoms with Crippen LogP contribution in [0.4, 0.5) is 0 Å². The van der Waals surface area contributed by atoms with E-state index < -0.39 is 67.9 Å². The lowest BCUT2D eigenvalue weighted by Crippen LogP contribution is -2.66. The lowest BCUT2D eigenvalue weighted by Gasteiger charge is -2.27. The Bertz CT molecular complexity index is 787. The van der Waals surface area contributed by atoms with Gasteiger partial charge in [-0.2, -0.15) is 41.8 Å². The Morgan fingerprint density at radius 1 is 0.500 bits per heavy atom. The SMILES string of the molecule is [NH3+]OP(=O)(O)[O+]C1[C@H](O)[C@H]([O+]P(=O)(O)O[NH3+])C([O+]P(=O)(O)O[NH3+])[C@H]([O+]P(=O)(O)O[NH3+])[C@H]1O. The molecule has 0 aliphatic heterocycles. The van der Waals surface area contributed by atoms with E-state index >= 15 is 0 Å². The van der Waals surface area contributed by atoms with Crippen LogP contribution < -0.4 is 23.6 Å². The van der Waals surface area contributed by atoms with E-state index in [0.29, 0.717) is 0 Å². The average molecular weight is 564 g/mol. The van der Waals surface area contributed by atoms with Gasteiger partial charge in [0.2, 0.25) is 12.2 Å². The fourth-order valence-corrected chi connectivity index (χ4v) is 4.83. The summed E-state index contributed by atoms with van der Waals surface area (Å²) in [6.07, 6.45) is -14.7. The number of phosphoric acid groups is 4. The van der Waals surface area contributed by atoms with Crippen molar-refractivity contribution in [1.29, 1.82) is 0 Å². The molecule has 32 heavy (non-hydrogen) atoms. The predicted octanol–water partition coefficient (Wildman–Crippen LogP) is -6.64. The minimum atomic E-state index is -5.21. The van der Waals surface area contributed by atoms with Gasteiger partial charge in [0.05, 0.1) is 0 Å². The van der Waals surface area contributed by atoms with Gasteiger partial charge in [0.15, 0.2) is 0 Å². The van der Waals surface area contributed by atoms with Gasteiger partial charge in [-0.1, -0.05) is 0 Å². The number of hydrogen-bond acceptors (Lipinski definition) is 14. The number of quaternary nitrogens is 4. The van der Waals surface area contributed by atoms with Gasteiger partial charge in [-0.05, 0) is 36.6 Å². The van der Waals surface area contributed by atoms with Gasteiger partial charge in [-0.3, -0.25) is 19.6 Å². The van der Waals surface area contributed by atoms with E-state index in [0.717, 1.165) is 0 Å². The monoisotopic (exact) mass is 564 g/mol. The molecular formula is C6H24N4O18P4+8. The standard InChI is InChI=1S/C6H20N4O18P4/c7-25-29(13,14)21-3-1(11)4(22-30(15,16)26-8)6(24-32(19,20)28-10)5(2(3)12)23-31(17,18)27-9/h1-6,11-12H,7-10H3/q+4/p+4/t1-,2-,3?,4-,5+,6?/m0/s1. The van der Waals surface area contributed by atoms with Crippen LogP contribution in [0.3, 0.4) is 0 Å². The van der Waals surface area contributed by atoms with Crippen LogP contribution in [0.5, 0.6) is 0 Å². The highest BCUT2D eigenvalue weighted by Crippen LogP contribution is 2.54. The molecule has 0 bridgehead atoms. The number of phosphoric ester groups is 4. The zero-order valence-electron chi connectivity index (χ0n) is 15.7. The zero-order valence-corrected chi connectivity index (χ0v) is 19.2. The Morgan fingerprint density at radius 2 is 0.719 bits per heavy atom. The van der Waals surface area contributed by atoms with Crippen LogP contribution in [0.15, 0.2) is 0 Å². The maximum absolute atomic E-state index is 11.9. The van der Waals surface area contributed by atoms with Gasteiger partial charge in [0.1, 0.15) is 0 Å². The summed E-state index contributed by atoms with van der Waals surface area (Å²) in [6.45, 7) is 0. The minimum absolute atomic E-state index is 2.38. The van der Waals surface area contributed by atoms with Crippen molar-refractivity contribution in [3.63, 3.8) is 0 Å². The normalized spacial score (nSPS) is 36.4. The molecule has 1 rings (SSSR count). The highest BCUT2D eigenvalue weighted by Gasteiger charge is 2.79. The first kappa shape index (κ1) is 30.2. The van der Waals surface area contributed by atoms with E-state index in [1.807, 2.05) is 0 Å². The third kappa shape index (κ3) is 8.15. The third-order valence-corrected chi connectivity index (χ3v) is 7.01. The molecule has 1 aliphatic carbocycles. The first-order valence-electron chi connectivity index (χ1n) is 7.60. The Hall–Kier alpha value is 0.200. The van der Waals surface area contributed by atoms with Crippen LogP contribution in [0.25, 0.3) is 0 Å². The van der Waals surface area contributed by atoms with Crippen LogP contribution in [0.1, 0.15) is 0 Å². The Labute approximate surface area is 177 Å². The molecule has 1 aliphatic rings. The summed E-state index contributed by atoms with van der Waals surface area (Å²) in [5, 5.41) is 20.9. The van der Waals surface area contributed by atoms with Crippen LogP contribution in [-0.2, 0) is 54.9 Å². The van der Waals surface area contributed by atoms with E-state index in [2.05, 4.69) is 60.2 Å². The van der Waals surface area contributed by atoms with Crippen molar-refractivity contribution in [2.75, 3.05) is 0 Å². The van der Waals surface area contributed by atoms with Crippen molar-refractivity contribution < 1.29 is 108 Å². The van der Waals surface area contributed by atoms with Crippen molar-refractivity contribution in [2.45, 2.75) is 36.6 Å². The van der Waals surface area contributed by atoms with Crippen molar-refractivity contribution in [3.05, 3.63) is 0 Å². The number of aliphatic hydroxyl groups is 2. The molecule has 4 radical (unpaired) electrons. The lowest BCUT2D eigenvalue weighted by atomic mass is 9.85.